The van der Waals surface area contributed by atoms with E-state index in [9.17, 15) is 4.79 Å². The Bertz CT molecular complexity index is 215. The molecule has 1 aliphatic heterocycles. The molecule has 1 heterocycles. The number of nitrogens with two attached hydrogens (primary N) is 1. The summed E-state index contributed by atoms with van der Waals surface area (Å²) in [4.78, 5) is 13.6. The van der Waals surface area contributed by atoms with Gasteiger partial charge in [0.15, 0.2) is 0 Å². The summed E-state index contributed by atoms with van der Waals surface area (Å²) >= 11 is 0. The van der Waals surface area contributed by atoms with Gasteiger partial charge in [0, 0.05) is 18.5 Å². The molecule has 3 heteroatoms. The average molecular weight is 168 g/mol. The summed E-state index contributed by atoms with van der Waals surface area (Å²) in [6.07, 6.45) is 0. The van der Waals surface area contributed by atoms with Crippen LogP contribution in [0.5, 0.6) is 0 Å². The van der Waals surface area contributed by atoms with Crippen LogP contribution >= 0.6 is 0 Å². The van der Waals surface area contributed by atoms with Crippen molar-refractivity contribution in [1.82, 2.24) is 4.90 Å². The highest BCUT2D eigenvalue weighted by Crippen LogP contribution is 2.52. The lowest BCUT2D eigenvalue weighted by Crippen LogP contribution is -2.36. The minimum absolute atomic E-state index is 0.289. The maximum absolute atomic E-state index is 11.6. The lowest BCUT2D eigenvalue weighted by Gasteiger charge is -2.23. The number of carbonyl (C=O) groups is 1. The normalized spacial score (nSPS) is 39.2. The quantitative estimate of drug-likeness (QED) is 0.633. The molecule has 3 unspecified atom stereocenters. The molecule has 0 spiro atoms. The van der Waals surface area contributed by atoms with E-state index >= 15 is 0 Å². The molecular formula is C9H16N2O. The van der Waals surface area contributed by atoms with E-state index in [0.717, 1.165) is 6.54 Å². The number of amides is 1. The Morgan fingerprint density at radius 3 is 2.67 bits per heavy atom. The number of rotatable bonds is 2. The van der Waals surface area contributed by atoms with Gasteiger partial charge in [-0.15, -0.1) is 0 Å². The SMILES string of the molecule is CC(C)N1CC2C(CN)C2C1=O. The van der Waals surface area contributed by atoms with Gasteiger partial charge in [-0.1, -0.05) is 0 Å². The molecule has 0 bridgehead atoms. The van der Waals surface area contributed by atoms with Crippen LogP contribution < -0.4 is 5.73 Å². The van der Waals surface area contributed by atoms with Crippen LogP contribution in [0.25, 0.3) is 0 Å². The first-order chi connectivity index (χ1) is 5.66. The molecule has 68 valence electrons. The zero-order chi connectivity index (χ0) is 8.88. The van der Waals surface area contributed by atoms with Gasteiger partial charge in [0.05, 0.1) is 0 Å². The van der Waals surface area contributed by atoms with Crippen molar-refractivity contribution in [3.8, 4) is 0 Å². The Hall–Kier alpha value is -0.570. The molecule has 3 atom stereocenters. The van der Waals surface area contributed by atoms with Crippen molar-refractivity contribution in [2.24, 2.45) is 23.5 Å². The van der Waals surface area contributed by atoms with Gasteiger partial charge in [-0.25, -0.2) is 0 Å². The van der Waals surface area contributed by atoms with Crippen molar-refractivity contribution in [2.75, 3.05) is 13.1 Å². The maximum Gasteiger partial charge on any atom is 0.226 e. The summed E-state index contributed by atoms with van der Waals surface area (Å²) in [5.41, 5.74) is 5.54. The summed E-state index contributed by atoms with van der Waals surface area (Å²) in [6.45, 7) is 5.77. The van der Waals surface area contributed by atoms with Crippen LogP contribution in [-0.2, 0) is 4.79 Å². The predicted molar refractivity (Wildman–Crippen MR) is 46.4 cm³/mol. The number of fused-ring (bicyclic) bond motifs is 1. The number of nitrogens with zero attached hydrogens (tertiary/aromatic N) is 1. The van der Waals surface area contributed by atoms with E-state index in [1.807, 2.05) is 4.90 Å². The fraction of sp³-hybridized carbons (Fsp3) is 0.889. The Balaban J connectivity index is 2.01. The Kier molecular flexibility index (Phi) is 1.65. The molecule has 1 saturated heterocycles. The third-order valence-electron chi connectivity index (χ3n) is 3.20. The minimum atomic E-state index is 0.289. The summed E-state index contributed by atoms with van der Waals surface area (Å²) in [6, 6.07) is 0.365. The zero-order valence-corrected chi connectivity index (χ0v) is 7.66. The van der Waals surface area contributed by atoms with E-state index in [2.05, 4.69) is 13.8 Å². The van der Waals surface area contributed by atoms with E-state index < -0.39 is 0 Å². The molecule has 1 saturated carbocycles. The summed E-state index contributed by atoms with van der Waals surface area (Å²) < 4.78 is 0. The minimum Gasteiger partial charge on any atom is -0.340 e. The molecule has 0 aromatic heterocycles. The van der Waals surface area contributed by atoms with Gasteiger partial charge < -0.3 is 10.6 Å². The van der Waals surface area contributed by atoms with E-state index in [1.165, 1.54) is 0 Å². The fourth-order valence-electron chi connectivity index (χ4n) is 2.36. The van der Waals surface area contributed by atoms with Crippen molar-refractivity contribution in [3.05, 3.63) is 0 Å². The molecule has 0 aromatic rings. The molecular weight excluding hydrogens is 152 g/mol. The summed E-state index contributed by atoms with van der Waals surface area (Å²) in [7, 11) is 0. The summed E-state index contributed by atoms with van der Waals surface area (Å²) in [5.74, 6) is 1.72. The maximum atomic E-state index is 11.6. The zero-order valence-electron chi connectivity index (χ0n) is 7.66. The molecule has 2 fully saturated rings. The van der Waals surface area contributed by atoms with Crippen LogP contribution in [0.2, 0.25) is 0 Å². The third-order valence-corrected chi connectivity index (χ3v) is 3.20. The number of carbonyl (C=O) groups excluding carboxylic acids is 1. The van der Waals surface area contributed by atoms with Crippen LogP contribution in [0.15, 0.2) is 0 Å². The lowest BCUT2D eigenvalue weighted by atomic mass is 10.2. The second-order valence-electron chi connectivity index (χ2n) is 4.17. The lowest BCUT2D eigenvalue weighted by molar-refractivity contribution is -0.132. The number of piperidine rings is 1. The first-order valence-electron chi connectivity index (χ1n) is 4.67. The van der Waals surface area contributed by atoms with Crippen LogP contribution in [0.1, 0.15) is 13.8 Å². The van der Waals surface area contributed by atoms with Gasteiger partial charge in [0.25, 0.3) is 0 Å². The van der Waals surface area contributed by atoms with Gasteiger partial charge >= 0.3 is 0 Å². The Morgan fingerprint density at radius 1 is 1.67 bits per heavy atom. The van der Waals surface area contributed by atoms with E-state index in [-0.39, 0.29) is 5.92 Å². The highest BCUT2D eigenvalue weighted by Gasteiger charge is 2.60. The Labute approximate surface area is 72.9 Å². The fourth-order valence-corrected chi connectivity index (χ4v) is 2.36. The van der Waals surface area contributed by atoms with Gasteiger partial charge in [-0.3, -0.25) is 4.79 Å². The monoisotopic (exact) mass is 168 g/mol. The van der Waals surface area contributed by atoms with Gasteiger partial charge in [0.1, 0.15) is 0 Å². The second-order valence-corrected chi connectivity index (χ2v) is 4.17. The first-order valence-corrected chi connectivity index (χ1v) is 4.67. The van der Waals surface area contributed by atoms with E-state index in [1.54, 1.807) is 0 Å². The standard InChI is InChI=1S/C9H16N2O/c1-5(2)11-4-7-6(3-10)8(7)9(11)12/h5-8H,3-4,10H2,1-2H3. The van der Waals surface area contributed by atoms with Crippen molar-refractivity contribution < 1.29 is 4.79 Å². The number of hydrogen-bond acceptors (Lipinski definition) is 2. The van der Waals surface area contributed by atoms with Crippen LogP contribution in [0, 0.1) is 17.8 Å². The molecule has 12 heavy (non-hydrogen) atoms. The van der Waals surface area contributed by atoms with E-state index in [0.29, 0.717) is 30.3 Å². The molecule has 3 nitrogen and oxygen atoms in total. The predicted octanol–water partition coefficient (Wildman–Crippen LogP) is 0.0579. The molecule has 1 aliphatic carbocycles. The Morgan fingerprint density at radius 2 is 2.33 bits per heavy atom. The van der Waals surface area contributed by atoms with E-state index in [4.69, 9.17) is 5.73 Å². The number of hydrogen-bond donors (Lipinski definition) is 1. The molecule has 0 aromatic carbocycles. The van der Waals surface area contributed by atoms with Crippen molar-refractivity contribution in [3.63, 3.8) is 0 Å². The largest absolute Gasteiger partial charge is 0.340 e. The van der Waals surface area contributed by atoms with Crippen LogP contribution in [0.4, 0.5) is 0 Å². The van der Waals surface area contributed by atoms with Crippen molar-refractivity contribution >= 4 is 5.91 Å². The smallest absolute Gasteiger partial charge is 0.226 e. The highest BCUT2D eigenvalue weighted by atomic mass is 16.2. The van der Waals surface area contributed by atoms with Crippen molar-refractivity contribution in [2.45, 2.75) is 19.9 Å². The van der Waals surface area contributed by atoms with Crippen LogP contribution in [0.3, 0.4) is 0 Å². The average Bonchev–Trinajstić information content (AvgIpc) is 2.62. The molecule has 1 amide bonds. The number of likely N-dealkylation sites (tertiary alicyclic amines) is 1. The molecule has 0 radical (unpaired) electrons. The topological polar surface area (TPSA) is 46.3 Å². The second kappa shape index (κ2) is 2.46. The molecule has 2 rings (SSSR count). The third kappa shape index (κ3) is 0.891. The first kappa shape index (κ1) is 8.05. The molecule has 2 N–H and O–H groups in total. The van der Waals surface area contributed by atoms with Crippen LogP contribution in [-0.4, -0.2) is 29.9 Å². The van der Waals surface area contributed by atoms with Gasteiger partial charge in [-0.05, 0) is 32.2 Å². The van der Waals surface area contributed by atoms with Gasteiger partial charge in [0.2, 0.25) is 5.91 Å². The molecule has 2 aliphatic rings. The summed E-state index contributed by atoms with van der Waals surface area (Å²) in [5, 5.41) is 0. The highest BCUT2D eigenvalue weighted by molar-refractivity contribution is 5.85. The van der Waals surface area contributed by atoms with Gasteiger partial charge in [-0.2, -0.15) is 0 Å². The van der Waals surface area contributed by atoms with Crippen molar-refractivity contribution in [1.29, 1.82) is 0 Å².